The summed E-state index contributed by atoms with van der Waals surface area (Å²) in [6.45, 7) is 1.63. The molecule has 2 nitrogen and oxygen atoms in total. The van der Waals surface area contributed by atoms with Gasteiger partial charge in [0.05, 0.1) is 6.54 Å². The van der Waals surface area contributed by atoms with Crippen LogP contribution in [0.4, 0.5) is 13.2 Å². The van der Waals surface area contributed by atoms with Gasteiger partial charge in [0.25, 0.3) is 0 Å². The van der Waals surface area contributed by atoms with Crippen LogP contribution in [0.25, 0.3) is 0 Å². The van der Waals surface area contributed by atoms with Gasteiger partial charge >= 0.3 is 6.18 Å². The molecule has 1 N–H and O–H groups in total. The fourth-order valence-corrected chi connectivity index (χ4v) is 1.88. The number of hydrogen-bond acceptors (Lipinski definition) is 2. The Morgan fingerprint density at radius 2 is 1.86 bits per heavy atom. The molecule has 84 valence electrons. The van der Waals surface area contributed by atoms with Crippen molar-refractivity contribution in [3.63, 3.8) is 0 Å². The molecule has 0 aromatic carbocycles. The van der Waals surface area contributed by atoms with Gasteiger partial charge in [0, 0.05) is 6.54 Å². The van der Waals surface area contributed by atoms with Crippen LogP contribution in [0.2, 0.25) is 0 Å². The Balaban J connectivity index is 2.21. The van der Waals surface area contributed by atoms with Gasteiger partial charge in [-0.3, -0.25) is 4.90 Å². The molecule has 0 bridgehead atoms. The Hall–Kier alpha value is -0.290. The highest BCUT2D eigenvalue weighted by molar-refractivity contribution is 4.72. The van der Waals surface area contributed by atoms with Crippen molar-refractivity contribution in [2.45, 2.75) is 19.0 Å². The molecule has 0 aromatic heterocycles. The van der Waals surface area contributed by atoms with Crippen molar-refractivity contribution in [3.8, 4) is 0 Å². The minimum absolute atomic E-state index is 0.420. The van der Waals surface area contributed by atoms with Gasteiger partial charge in [0.15, 0.2) is 0 Å². The molecule has 0 saturated carbocycles. The Morgan fingerprint density at radius 1 is 1.29 bits per heavy atom. The molecule has 0 aromatic rings. The van der Waals surface area contributed by atoms with Crippen LogP contribution in [0.15, 0.2) is 0 Å². The van der Waals surface area contributed by atoms with Gasteiger partial charge in [-0.05, 0) is 38.9 Å². The summed E-state index contributed by atoms with van der Waals surface area (Å²) in [5, 5.41) is 3.20. The predicted molar refractivity (Wildman–Crippen MR) is 49.1 cm³/mol. The summed E-state index contributed by atoms with van der Waals surface area (Å²) in [6.07, 6.45) is -2.09. The summed E-state index contributed by atoms with van der Waals surface area (Å²) in [6, 6.07) is 0. The summed E-state index contributed by atoms with van der Waals surface area (Å²) < 4.78 is 36.0. The standard InChI is InChI=1S/C9H17F3N2/c1-14(7-9(10,11)12)6-8-2-4-13-5-3-8/h8,13H,2-7H2,1H3. The van der Waals surface area contributed by atoms with Gasteiger partial charge in [-0.2, -0.15) is 13.2 Å². The third-order valence-electron chi connectivity index (χ3n) is 2.48. The normalized spacial score (nSPS) is 20.4. The molecule has 1 aliphatic heterocycles. The zero-order valence-electron chi connectivity index (χ0n) is 8.40. The van der Waals surface area contributed by atoms with E-state index in [0.29, 0.717) is 12.5 Å². The number of piperidine rings is 1. The molecule has 0 spiro atoms. The van der Waals surface area contributed by atoms with Crippen molar-refractivity contribution in [2.75, 3.05) is 33.2 Å². The van der Waals surface area contributed by atoms with Crippen molar-refractivity contribution >= 4 is 0 Å². The summed E-state index contributed by atoms with van der Waals surface area (Å²) in [5.74, 6) is 0.420. The van der Waals surface area contributed by atoms with Crippen LogP contribution in [-0.4, -0.2) is 44.3 Å². The summed E-state index contributed by atoms with van der Waals surface area (Å²) >= 11 is 0. The number of alkyl halides is 3. The van der Waals surface area contributed by atoms with Crippen molar-refractivity contribution in [3.05, 3.63) is 0 Å². The first-order valence-electron chi connectivity index (χ1n) is 4.93. The number of nitrogens with one attached hydrogen (secondary N) is 1. The first-order chi connectivity index (χ1) is 6.47. The van der Waals surface area contributed by atoms with Crippen LogP contribution >= 0.6 is 0 Å². The SMILES string of the molecule is CN(CC1CCNCC1)CC(F)(F)F. The van der Waals surface area contributed by atoms with Crippen molar-refractivity contribution in [1.29, 1.82) is 0 Å². The maximum atomic E-state index is 12.0. The van der Waals surface area contributed by atoms with E-state index in [4.69, 9.17) is 0 Å². The molecule has 1 rings (SSSR count). The zero-order chi connectivity index (χ0) is 10.6. The minimum Gasteiger partial charge on any atom is -0.317 e. The van der Waals surface area contributed by atoms with Crippen LogP contribution in [0.5, 0.6) is 0 Å². The number of rotatable bonds is 3. The van der Waals surface area contributed by atoms with Crippen LogP contribution < -0.4 is 5.32 Å². The number of halogens is 3. The summed E-state index contributed by atoms with van der Waals surface area (Å²) in [7, 11) is 1.54. The van der Waals surface area contributed by atoms with E-state index in [1.165, 1.54) is 11.9 Å². The molecule has 0 radical (unpaired) electrons. The van der Waals surface area contributed by atoms with Gasteiger partial charge in [-0.25, -0.2) is 0 Å². The molecule has 0 amide bonds. The van der Waals surface area contributed by atoms with Crippen LogP contribution in [0.1, 0.15) is 12.8 Å². The van der Waals surface area contributed by atoms with Gasteiger partial charge in [0.1, 0.15) is 0 Å². The first kappa shape index (κ1) is 11.8. The van der Waals surface area contributed by atoms with Gasteiger partial charge in [-0.15, -0.1) is 0 Å². The Bertz CT molecular complexity index is 164. The molecule has 0 aliphatic carbocycles. The van der Waals surface area contributed by atoms with Crippen LogP contribution in [-0.2, 0) is 0 Å². The first-order valence-corrected chi connectivity index (χ1v) is 4.93. The van der Waals surface area contributed by atoms with Crippen molar-refractivity contribution < 1.29 is 13.2 Å². The molecule has 0 atom stereocenters. The molecule has 1 saturated heterocycles. The zero-order valence-corrected chi connectivity index (χ0v) is 8.40. The molecule has 1 fully saturated rings. The molecule has 0 unspecified atom stereocenters. The number of nitrogens with zero attached hydrogens (tertiary/aromatic N) is 1. The van der Waals surface area contributed by atoms with Crippen LogP contribution in [0.3, 0.4) is 0 Å². The van der Waals surface area contributed by atoms with Gasteiger partial charge in [-0.1, -0.05) is 0 Å². The van der Waals surface area contributed by atoms with E-state index >= 15 is 0 Å². The largest absolute Gasteiger partial charge is 0.401 e. The van der Waals surface area contributed by atoms with Crippen LogP contribution in [0, 0.1) is 5.92 Å². The fraction of sp³-hybridized carbons (Fsp3) is 1.00. The van der Waals surface area contributed by atoms with E-state index in [9.17, 15) is 13.2 Å². The highest BCUT2D eigenvalue weighted by atomic mass is 19.4. The second kappa shape index (κ2) is 4.98. The second-order valence-corrected chi connectivity index (χ2v) is 4.01. The van der Waals surface area contributed by atoms with Gasteiger partial charge in [0.2, 0.25) is 0 Å². The van der Waals surface area contributed by atoms with Crippen molar-refractivity contribution in [1.82, 2.24) is 10.2 Å². The Kier molecular flexibility index (Phi) is 4.19. The Morgan fingerprint density at radius 3 is 2.36 bits per heavy atom. The van der Waals surface area contributed by atoms with E-state index in [2.05, 4.69) is 5.32 Å². The van der Waals surface area contributed by atoms with Crippen molar-refractivity contribution in [2.24, 2.45) is 5.92 Å². The molecule has 1 aliphatic rings. The lowest BCUT2D eigenvalue weighted by atomic mass is 9.98. The third kappa shape index (κ3) is 4.81. The maximum absolute atomic E-state index is 12.0. The molecular formula is C9H17F3N2. The highest BCUT2D eigenvalue weighted by Crippen LogP contribution is 2.18. The summed E-state index contributed by atoms with van der Waals surface area (Å²) in [5.41, 5.74) is 0. The van der Waals surface area contributed by atoms with E-state index < -0.39 is 12.7 Å². The smallest absolute Gasteiger partial charge is 0.317 e. The molecular weight excluding hydrogens is 193 g/mol. The predicted octanol–water partition coefficient (Wildman–Crippen LogP) is 1.48. The lowest BCUT2D eigenvalue weighted by Gasteiger charge is -2.27. The van der Waals surface area contributed by atoms with Gasteiger partial charge < -0.3 is 5.32 Å². The van der Waals surface area contributed by atoms with E-state index in [1.807, 2.05) is 0 Å². The summed E-state index contributed by atoms with van der Waals surface area (Å²) in [4.78, 5) is 1.37. The average Bonchev–Trinajstić information content (AvgIpc) is 2.02. The van der Waals surface area contributed by atoms with E-state index in [1.54, 1.807) is 0 Å². The maximum Gasteiger partial charge on any atom is 0.401 e. The lowest BCUT2D eigenvalue weighted by molar-refractivity contribution is -0.144. The monoisotopic (exact) mass is 210 g/mol. The number of hydrogen-bond donors (Lipinski definition) is 1. The highest BCUT2D eigenvalue weighted by Gasteiger charge is 2.30. The molecule has 14 heavy (non-hydrogen) atoms. The lowest BCUT2D eigenvalue weighted by Crippen LogP contribution is -2.38. The minimum atomic E-state index is -4.07. The fourth-order valence-electron chi connectivity index (χ4n) is 1.88. The molecule has 5 heteroatoms. The van der Waals surface area contributed by atoms with E-state index in [-0.39, 0.29) is 0 Å². The molecule has 1 heterocycles. The second-order valence-electron chi connectivity index (χ2n) is 4.01. The Labute approximate surface area is 82.5 Å². The quantitative estimate of drug-likeness (QED) is 0.759. The van der Waals surface area contributed by atoms with E-state index in [0.717, 1.165) is 25.9 Å². The average molecular weight is 210 g/mol. The topological polar surface area (TPSA) is 15.3 Å². The third-order valence-corrected chi connectivity index (χ3v) is 2.48.